The maximum absolute atomic E-state index is 7.70. The Morgan fingerprint density at radius 3 is 3.08 bits per heavy atom. The van der Waals surface area contributed by atoms with Crippen molar-refractivity contribution in [2.45, 2.75) is 0 Å². The number of thiocarbonyl (C=S) groups is 1. The predicted octanol–water partition coefficient (Wildman–Crippen LogP) is 0.621. The number of allylic oxidation sites excluding steroid dienone is 3. The van der Waals surface area contributed by atoms with Crippen LogP contribution in [0.25, 0.3) is 0 Å². The van der Waals surface area contributed by atoms with Crippen molar-refractivity contribution in [3.05, 3.63) is 24.3 Å². The van der Waals surface area contributed by atoms with Gasteiger partial charge in [-0.1, -0.05) is 18.2 Å². The second-order valence-electron chi connectivity index (χ2n) is 2.80. The minimum Gasteiger partial charge on any atom is -0.286 e. The van der Waals surface area contributed by atoms with Gasteiger partial charge in [-0.2, -0.15) is 0 Å². The van der Waals surface area contributed by atoms with Gasteiger partial charge >= 0.3 is 0 Å². The van der Waals surface area contributed by atoms with Crippen molar-refractivity contribution in [2.75, 3.05) is 0 Å². The summed E-state index contributed by atoms with van der Waals surface area (Å²) in [5.41, 5.74) is 0.791. The van der Waals surface area contributed by atoms with Gasteiger partial charge in [0.15, 0.2) is 0 Å². The summed E-state index contributed by atoms with van der Waals surface area (Å²) < 4.78 is 0. The van der Waals surface area contributed by atoms with E-state index in [2.05, 4.69) is 4.99 Å². The molecule has 0 saturated carbocycles. The average molecular weight is 192 g/mol. The van der Waals surface area contributed by atoms with Gasteiger partial charge in [0.25, 0.3) is 0 Å². The van der Waals surface area contributed by atoms with Gasteiger partial charge in [-0.15, -0.1) is 0 Å². The molecule has 1 aliphatic carbocycles. The first-order valence-corrected chi connectivity index (χ1v) is 4.21. The molecule has 1 heterocycles. The van der Waals surface area contributed by atoms with Crippen molar-refractivity contribution in [1.82, 2.24) is 5.01 Å². The Kier molecular flexibility index (Phi) is 1.82. The summed E-state index contributed by atoms with van der Waals surface area (Å²) in [5.74, 6) is 5.67. The fourth-order valence-corrected chi connectivity index (χ4v) is 1.49. The van der Waals surface area contributed by atoms with Gasteiger partial charge in [-0.05, 0) is 18.3 Å². The molecule has 0 bridgehead atoms. The summed E-state index contributed by atoms with van der Waals surface area (Å²) >= 11 is 4.89. The summed E-state index contributed by atoms with van der Waals surface area (Å²) in [6, 6.07) is 0. The highest BCUT2D eigenvalue weighted by molar-refractivity contribution is 7.80. The Labute approximate surface area is 80.9 Å². The second-order valence-corrected chi connectivity index (χ2v) is 3.16. The highest BCUT2D eigenvalue weighted by Crippen LogP contribution is 2.17. The molecule has 5 heteroatoms. The number of nitrogens with zero attached hydrogens (tertiary/aromatic N) is 2. The smallest absolute Gasteiger partial charge is 0.215 e. The van der Waals surface area contributed by atoms with Crippen molar-refractivity contribution in [3.63, 3.8) is 0 Å². The number of nitrogens with two attached hydrogens (primary N) is 1. The molecule has 1 unspecified atom stereocenters. The van der Waals surface area contributed by atoms with Crippen LogP contribution in [-0.2, 0) is 0 Å². The Morgan fingerprint density at radius 1 is 1.54 bits per heavy atom. The van der Waals surface area contributed by atoms with E-state index >= 15 is 0 Å². The molecule has 4 nitrogen and oxygen atoms in total. The number of nitrogens with one attached hydrogen (secondary N) is 1. The zero-order valence-electron chi connectivity index (χ0n) is 6.77. The van der Waals surface area contributed by atoms with E-state index in [-0.39, 0.29) is 16.9 Å². The van der Waals surface area contributed by atoms with Crippen LogP contribution in [0, 0.1) is 11.3 Å². The number of hydrogen-bond donors (Lipinski definition) is 2. The SMILES string of the molecule is N=C1C2C=CC=CC2=NC(=S)N1N. The molecule has 0 spiro atoms. The molecule has 2 rings (SSSR count). The van der Waals surface area contributed by atoms with Crippen LogP contribution in [0.1, 0.15) is 0 Å². The van der Waals surface area contributed by atoms with Gasteiger partial charge in [-0.25, -0.2) is 15.8 Å². The molecule has 3 N–H and O–H groups in total. The fourth-order valence-electron chi connectivity index (χ4n) is 1.29. The third kappa shape index (κ3) is 1.22. The van der Waals surface area contributed by atoms with Gasteiger partial charge in [0.05, 0.1) is 11.6 Å². The van der Waals surface area contributed by atoms with Crippen molar-refractivity contribution in [3.8, 4) is 0 Å². The van der Waals surface area contributed by atoms with Gasteiger partial charge in [0.1, 0.15) is 5.84 Å². The number of fused-ring (bicyclic) bond motifs is 1. The van der Waals surface area contributed by atoms with Crippen LogP contribution in [0.3, 0.4) is 0 Å². The van der Waals surface area contributed by atoms with E-state index in [4.69, 9.17) is 23.5 Å². The number of hydrogen-bond acceptors (Lipinski definition) is 3. The maximum atomic E-state index is 7.70. The standard InChI is InChI=1S/C8H8N4S/c9-7-5-3-1-2-4-6(5)11-8(13)12(7)10/h1-5,9H,10H2. The van der Waals surface area contributed by atoms with Crippen LogP contribution < -0.4 is 5.84 Å². The molecular formula is C8H8N4S. The van der Waals surface area contributed by atoms with Gasteiger partial charge in [-0.3, -0.25) is 5.41 Å². The topological polar surface area (TPSA) is 65.5 Å². The molecule has 0 aromatic carbocycles. The lowest BCUT2D eigenvalue weighted by atomic mass is 9.96. The quantitative estimate of drug-likeness (QED) is 0.437. The van der Waals surface area contributed by atoms with Crippen LogP contribution in [0.15, 0.2) is 29.3 Å². The number of hydrazine groups is 1. The van der Waals surface area contributed by atoms with Crippen molar-refractivity contribution in [1.29, 1.82) is 5.41 Å². The van der Waals surface area contributed by atoms with Crippen molar-refractivity contribution in [2.24, 2.45) is 16.8 Å². The van der Waals surface area contributed by atoms with E-state index < -0.39 is 0 Å². The monoisotopic (exact) mass is 192 g/mol. The average Bonchev–Trinajstić information content (AvgIpc) is 2.15. The highest BCUT2D eigenvalue weighted by atomic mass is 32.1. The lowest BCUT2D eigenvalue weighted by Crippen LogP contribution is -2.49. The van der Waals surface area contributed by atoms with E-state index in [1.807, 2.05) is 24.3 Å². The Morgan fingerprint density at radius 2 is 2.31 bits per heavy atom. The number of amidine groups is 1. The molecular weight excluding hydrogens is 184 g/mol. The molecule has 1 aliphatic heterocycles. The first kappa shape index (κ1) is 8.28. The van der Waals surface area contributed by atoms with Crippen molar-refractivity contribution >= 4 is 28.9 Å². The Hall–Kier alpha value is -1.33. The Bertz CT molecular complexity index is 366. The molecule has 0 aromatic rings. The van der Waals surface area contributed by atoms with Crippen LogP contribution in [0.2, 0.25) is 0 Å². The molecule has 0 fully saturated rings. The summed E-state index contributed by atoms with van der Waals surface area (Å²) in [7, 11) is 0. The van der Waals surface area contributed by atoms with E-state index in [0.29, 0.717) is 0 Å². The molecule has 13 heavy (non-hydrogen) atoms. The second kappa shape index (κ2) is 2.86. The van der Waals surface area contributed by atoms with E-state index in [0.717, 1.165) is 10.7 Å². The van der Waals surface area contributed by atoms with E-state index in [9.17, 15) is 0 Å². The minimum atomic E-state index is -0.137. The molecule has 0 radical (unpaired) electrons. The summed E-state index contributed by atoms with van der Waals surface area (Å²) in [5, 5.41) is 9.08. The first-order valence-electron chi connectivity index (χ1n) is 3.81. The molecule has 0 amide bonds. The van der Waals surface area contributed by atoms with E-state index in [1.165, 1.54) is 0 Å². The number of rotatable bonds is 0. The lowest BCUT2D eigenvalue weighted by Gasteiger charge is -2.28. The van der Waals surface area contributed by atoms with Crippen LogP contribution in [-0.4, -0.2) is 21.7 Å². The molecule has 0 saturated heterocycles. The zero-order valence-corrected chi connectivity index (χ0v) is 7.58. The minimum absolute atomic E-state index is 0.137. The van der Waals surface area contributed by atoms with Gasteiger partial charge in [0.2, 0.25) is 5.11 Å². The molecule has 66 valence electrons. The lowest BCUT2D eigenvalue weighted by molar-refractivity contribution is 0.621. The zero-order chi connectivity index (χ0) is 9.42. The van der Waals surface area contributed by atoms with Gasteiger partial charge < -0.3 is 0 Å². The molecule has 2 aliphatic rings. The van der Waals surface area contributed by atoms with E-state index in [1.54, 1.807) is 0 Å². The summed E-state index contributed by atoms with van der Waals surface area (Å²) in [6.07, 6.45) is 7.47. The molecule has 1 atom stereocenters. The fraction of sp³-hybridized carbons (Fsp3) is 0.125. The van der Waals surface area contributed by atoms with Crippen LogP contribution in [0.4, 0.5) is 0 Å². The number of aliphatic imine (C=N–C) groups is 1. The highest BCUT2D eigenvalue weighted by Gasteiger charge is 2.28. The predicted molar refractivity (Wildman–Crippen MR) is 55.6 cm³/mol. The van der Waals surface area contributed by atoms with Crippen LogP contribution >= 0.6 is 12.2 Å². The normalized spacial score (nSPS) is 26.1. The Balaban J connectivity index is 2.46. The van der Waals surface area contributed by atoms with Gasteiger partial charge in [0, 0.05) is 0 Å². The summed E-state index contributed by atoms with van der Waals surface area (Å²) in [6.45, 7) is 0. The third-order valence-electron chi connectivity index (χ3n) is 1.99. The third-order valence-corrected chi connectivity index (χ3v) is 2.27. The van der Waals surface area contributed by atoms with Crippen molar-refractivity contribution < 1.29 is 0 Å². The largest absolute Gasteiger partial charge is 0.286 e. The first-order chi connectivity index (χ1) is 6.20. The van der Waals surface area contributed by atoms with Crippen LogP contribution in [0.5, 0.6) is 0 Å². The molecule has 0 aromatic heterocycles. The maximum Gasteiger partial charge on any atom is 0.215 e. The summed E-state index contributed by atoms with van der Waals surface area (Å²) in [4.78, 5) is 4.11.